The second-order valence-corrected chi connectivity index (χ2v) is 9.24. The van der Waals surface area contributed by atoms with Crippen molar-refractivity contribution < 1.29 is 19.1 Å². The Morgan fingerprint density at radius 1 is 1.23 bits per heavy atom. The SMILES string of the molecule is CCn1cc(C(=O)OC(C)C)c(=O)c2cc(SCCNC(=O)OC(C)(C)C)ccc21. The summed E-state index contributed by atoms with van der Waals surface area (Å²) < 4.78 is 12.3. The summed E-state index contributed by atoms with van der Waals surface area (Å²) in [4.78, 5) is 37.9. The van der Waals surface area contributed by atoms with Crippen molar-refractivity contribution in [3.63, 3.8) is 0 Å². The molecule has 0 fully saturated rings. The van der Waals surface area contributed by atoms with Crippen molar-refractivity contribution in [1.29, 1.82) is 0 Å². The number of nitrogens with zero attached hydrogens (tertiary/aromatic N) is 1. The van der Waals surface area contributed by atoms with Crippen molar-refractivity contribution in [1.82, 2.24) is 9.88 Å². The molecular weight excluding hydrogens is 404 g/mol. The van der Waals surface area contributed by atoms with Crippen LogP contribution in [-0.4, -0.2) is 40.6 Å². The first kappa shape index (κ1) is 23.8. The van der Waals surface area contributed by atoms with Crippen molar-refractivity contribution in [3.8, 4) is 0 Å². The molecule has 164 valence electrons. The van der Waals surface area contributed by atoms with Crippen LogP contribution >= 0.6 is 11.8 Å². The minimum Gasteiger partial charge on any atom is -0.459 e. The van der Waals surface area contributed by atoms with E-state index >= 15 is 0 Å². The number of carbonyl (C=O) groups is 2. The Morgan fingerprint density at radius 3 is 2.53 bits per heavy atom. The molecule has 0 spiro atoms. The van der Waals surface area contributed by atoms with Crippen LogP contribution in [0.4, 0.5) is 4.79 Å². The van der Waals surface area contributed by atoms with E-state index in [2.05, 4.69) is 5.32 Å². The highest BCUT2D eigenvalue weighted by Crippen LogP contribution is 2.22. The number of thioether (sulfide) groups is 1. The van der Waals surface area contributed by atoms with Crippen LogP contribution < -0.4 is 10.7 Å². The van der Waals surface area contributed by atoms with E-state index in [1.165, 1.54) is 11.8 Å². The topological polar surface area (TPSA) is 86.6 Å². The summed E-state index contributed by atoms with van der Waals surface area (Å²) in [6.45, 7) is 11.9. The van der Waals surface area contributed by atoms with E-state index in [0.29, 0.717) is 24.2 Å². The second kappa shape index (κ2) is 10.0. The number of hydrogen-bond donors (Lipinski definition) is 1. The molecule has 0 bridgehead atoms. The lowest BCUT2D eigenvalue weighted by Crippen LogP contribution is -2.33. The number of rotatable bonds is 7. The highest BCUT2D eigenvalue weighted by atomic mass is 32.2. The first-order valence-corrected chi connectivity index (χ1v) is 11.0. The molecule has 0 saturated heterocycles. The average molecular weight is 435 g/mol. The molecule has 1 N–H and O–H groups in total. The van der Waals surface area contributed by atoms with Crippen molar-refractivity contribution in [2.75, 3.05) is 12.3 Å². The number of pyridine rings is 1. The largest absolute Gasteiger partial charge is 0.459 e. The van der Waals surface area contributed by atoms with Gasteiger partial charge in [0.15, 0.2) is 0 Å². The van der Waals surface area contributed by atoms with Crippen LogP contribution in [0, 0.1) is 0 Å². The van der Waals surface area contributed by atoms with Gasteiger partial charge < -0.3 is 19.4 Å². The lowest BCUT2D eigenvalue weighted by Gasteiger charge is -2.19. The van der Waals surface area contributed by atoms with Gasteiger partial charge in [-0.25, -0.2) is 9.59 Å². The summed E-state index contributed by atoms with van der Waals surface area (Å²) in [6, 6.07) is 5.59. The smallest absolute Gasteiger partial charge is 0.407 e. The predicted molar refractivity (Wildman–Crippen MR) is 119 cm³/mol. The zero-order chi connectivity index (χ0) is 22.5. The Morgan fingerprint density at radius 2 is 1.93 bits per heavy atom. The standard InChI is InChI=1S/C22H30N2O5S/c1-7-24-13-17(20(26)28-14(2)3)19(25)16-12-15(8-9-18(16)24)30-11-10-23-21(27)29-22(4,5)6/h8-9,12-14H,7,10-11H2,1-6H3,(H,23,27). The molecule has 1 aromatic carbocycles. The molecule has 1 aromatic heterocycles. The third kappa shape index (κ3) is 6.52. The fourth-order valence-corrected chi connectivity index (χ4v) is 3.59. The number of fused-ring (bicyclic) bond motifs is 1. The van der Waals surface area contributed by atoms with Crippen molar-refractivity contribution >= 4 is 34.7 Å². The third-order valence-corrected chi connectivity index (χ3v) is 4.99. The predicted octanol–water partition coefficient (Wildman–Crippen LogP) is 4.20. The minimum absolute atomic E-state index is 0.0341. The van der Waals surface area contributed by atoms with E-state index in [-0.39, 0.29) is 17.1 Å². The molecule has 0 aliphatic carbocycles. The van der Waals surface area contributed by atoms with Crippen molar-refractivity contribution in [3.05, 3.63) is 40.2 Å². The quantitative estimate of drug-likeness (QED) is 0.399. The first-order chi connectivity index (χ1) is 14.0. The normalized spacial score (nSPS) is 11.6. The van der Waals surface area contributed by atoms with E-state index in [0.717, 1.165) is 10.4 Å². The molecular formula is C22H30N2O5S. The van der Waals surface area contributed by atoms with Gasteiger partial charge in [-0.05, 0) is 59.7 Å². The fraction of sp³-hybridized carbons (Fsp3) is 0.500. The number of hydrogen-bond acceptors (Lipinski definition) is 6. The molecule has 0 aliphatic heterocycles. The molecule has 1 heterocycles. The van der Waals surface area contributed by atoms with Gasteiger partial charge in [-0.1, -0.05) is 0 Å². The van der Waals surface area contributed by atoms with Crippen LogP contribution in [0.2, 0.25) is 0 Å². The maximum Gasteiger partial charge on any atom is 0.407 e. The molecule has 8 heteroatoms. The highest BCUT2D eigenvalue weighted by molar-refractivity contribution is 7.99. The second-order valence-electron chi connectivity index (χ2n) is 8.07. The number of alkyl carbamates (subject to hydrolysis) is 1. The van der Waals surface area contributed by atoms with Gasteiger partial charge >= 0.3 is 12.1 Å². The lowest BCUT2D eigenvalue weighted by atomic mass is 10.1. The Balaban J connectivity index is 2.18. The van der Waals surface area contributed by atoms with E-state index in [1.54, 1.807) is 26.1 Å². The number of aryl methyl sites for hydroxylation is 1. The van der Waals surface area contributed by atoms with Crippen LogP contribution in [0.25, 0.3) is 10.9 Å². The van der Waals surface area contributed by atoms with Crippen LogP contribution in [0.15, 0.2) is 34.1 Å². The average Bonchev–Trinajstić information content (AvgIpc) is 2.63. The third-order valence-electron chi connectivity index (χ3n) is 3.99. The summed E-state index contributed by atoms with van der Waals surface area (Å²) in [6.07, 6.45) is 0.801. The van der Waals surface area contributed by atoms with Gasteiger partial charge in [0.1, 0.15) is 11.2 Å². The molecule has 7 nitrogen and oxygen atoms in total. The zero-order valence-corrected chi connectivity index (χ0v) is 19.2. The molecule has 0 unspecified atom stereocenters. The van der Waals surface area contributed by atoms with E-state index in [4.69, 9.17) is 9.47 Å². The number of nitrogens with one attached hydrogen (secondary N) is 1. The monoisotopic (exact) mass is 434 g/mol. The summed E-state index contributed by atoms with van der Waals surface area (Å²) in [7, 11) is 0. The van der Waals surface area contributed by atoms with Gasteiger partial charge in [0, 0.05) is 35.3 Å². The molecule has 1 amide bonds. The van der Waals surface area contributed by atoms with Crippen LogP contribution in [0.3, 0.4) is 0 Å². The number of benzene rings is 1. The fourth-order valence-electron chi connectivity index (χ4n) is 2.79. The first-order valence-electron chi connectivity index (χ1n) is 9.99. The summed E-state index contributed by atoms with van der Waals surface area (Å²) in [5, 5.41) is 3.18. The Bertz CT molecular complexity index is 976. The molecule has 30 heavy (non-hydrogen) atoms. The molecule has 0 radical (unpaired) electrons. The van der Waals surface area contributed by atoms with Gasteiger partial charge in [-0.15, -0.1) is 11.8 Å². The van der Waals surface area contributed by atoms with Crippen LogP contribution in [0.5, 0.6) is 0 Å². The number of amides is 1. The van der Waals surface area contributed by atoms with Crippen molar-refractivity contribution in [2.24, 2.45) is 0 Å². The molecule has 0 aliphatic rings. The number of carbonyl (C=O) groups excluding carboxylic acids is 2. The van der Waals surface area contributed by atoms with Gasteiger partial charge in [0.05, 0.1) is 11.6 Å². The van der Waals surface area contributed by atoms with E-state index < -0.39 is 17.7 Å². The summed E-state index contributed by atoms with van der Waals surface area (Å²) in [5.74, 6) is 0.000597. The van der Waals surface area contributed by atoms with Crippen LogP contribution in [-0.2, 0) is 16.0 Å². The van der Waals surface area contributed by atoms with E-state index in [1.807, 2.05) is 44.4 Å². The summed E-state index contributed by atoms with van der Waals surface area (Å²) >= 11 is 1.51. The van der Waals surface area contributed by atoms with Crippen molar-refractivity contribution in [2.45, 2.75) is 64.7 Å². The zero-order valence-electron chi connectivity index (χ0n) is 18.4. The molecule has 0 saturated carbocycles. The Labute approximate surface area is 181 Å². The number of aromatic nitrogens is 1. The van der Waals surface area contributed by atoms with E-state index in [9.17, 15) is 14.4 Å². The Kier molecular flexibility index (Phi) is 7.95. The molecule has 2 aromatic rings. The van der Waals surface area contributed by atoms with Crippen LogP contribution in [0.1, 0.15) is 51.9 Å². The number of ether oxygens (including phenoxy) is 2. The number of esters is 1. The maximum absolute atomic E-state index is 12.9. The van der Waals surface area contributed by atoms with Gasteiger partial charge in [-0.3, -0.25) is 4.79 Å². The summed E-state index contributed by atoms with van der Waals surface area (Å²) in [5.41, 5.74) is -0.0790. The van der Waals surface area contributed by atoms with Gasteiger partial charge in [0.2, 0.25) is 5.43 Å². The Hall–Kier alpha value is -2.48. The molecule has 0 atom stereocenters. The van der Waals surface area contributed by atoms with Gasteiger partial charge in [-0.2, -0.15) is 0 Å². The molecule has 2 rings (SSSR count). The lowest BCUT2D eigenvalue weighted by molar-refractivity contribution is 0.0375. The minimum atomic E-state index is -0.612. The maximum atomic E-state index is 12.9. The van der Waals surface area contributed by atoms with Gasteiger partial charge in [0.25, 0.3) is 0 Å². The highest BCUT2D eigenvalue weighted by Gasteiger charge is 2.18.